The Labute approximate surface area is 215 Å². The lowest BCUT2D eigenvalue weighted by Crippen LogP contribution is -2.30. The Morgan fingerprint density at radius 2 is 1.29 bits per heavy atom. The van der Waals surface area contributed by atoms with Crippen molar-refractivity contribution in [2.75, 3.05) is 7.11 Å². The summed E-state index contributed by atoms with van der Waals surface area (Å²) in [5.41, 5.74) is -4.54. The van der Waals surface area contributed by atoms with E-state index in [1.807, 2.05) is 0 Å². The lowest BCUT2D eigenvalue weighted by molar-refractivity contribution is -0.143. The van der Waals surface area contributed by atoms with Gasteiger partial charge in [-0.15, -0.1) is 0 Å². The van der Waals surface area contributed by atoms with Crippen LogP contribution in [0.5, 0.6) is 0 Å². The van der Waals surface area contributed by atoms with Crippen LogP contribution in [0.2, 0.25) is 5.02 Å². The number of hydrogen-bond donors (Lipinski definition) is 0. The molecule has 38 heavy (non-hydrogen) atoms. The van der Waals surface area contributed by atoms with Gasteiger partial charge < -0.3 is 4.74 Å². The van der Waals surface area contributed by atoms with E-state index in [1.54, 1.807) is 12.1 Å². The first kappa shape index (κ1) is 29.2. The van der Waals surface area contributed by atoms with Crippen molar-refractivity contribution in [2.24, 2.45) is 0 Å². The molecule has 204 valence electrons. The van der Waals surface area contributed by atoms with Crippen LogP contribution in [0.4, 0.5) is 44.3 Å². The Bertz CT molecular complexity index is 1290. The van der Waals surface area contributed by atoms with E-state index < -0.39 is 60.0 Å². The van der Waals surface area contributed by atoms with E-state index in [-0.39, 0.29) is 22.2 Å². The quantitative estimate of drug-likeness (QED) is 0.287. The summed E-state index contributed by atoms with van der Waals surface area (Å²) in [6, 6.07) is 9.49. The molecule has 3 rings (SSSR count). The van der Waals surface area contributed by atoms with Crippen molar-refractivity contribution >= 4 is 17.7 Å². The molecule has 0 aromatic heterocycles. The van der Waals surface area contributed by atoms with E-state index in [9.17, 15) is 44.3 Å². The maximum atomic E-state index is 13.5. The van der Waals surface area contributed by atoms with E-state index in [2.05, 4.69) is 4.74 Å². The van der Waals surface area contributed by atoms with Crippen LogP contribution < -0.4 is 0 Å². The first-order valence-electron chi connectivity index (χ1n) is 10.6. The van der Waals surface area contributed by atoms with Crippen LogP contribution in [0.25, 0.3) is 11.1 Å². The summed E-state index contributed by atoms with van der Waals surface area (Å²) < 4.78 is 125. The number of ether oxygens (including phenoxy) is 1. The maximum Gasteiger partial charge on any atom is 0.416 e. The summed E-state index contributed by atoms with van der Waals surface area (Å²) in [4.78, 5) is 13.2. The number of alkyl halides is 9. The smallest absolute Gasteiger partial charge is 0.416 e. The SMILES string of the molecule is COC(=O)N(Cc1cc(C(F)(F)F)cc(C(F)(F)F)c1)Cc1cc(C(F)(F)F)ccc1-c1ccccc1Cl. The molecule has 0 bridgehead atoms. The topological polar surface area (TPSA) is 29.5 Å². The predicted molar refractivity (Wildman–Crippen MR) is 120 cm³/mol. The normalized spacial score (nSPS) is 12.4. The highest BCUT2D eigenvalue weighted by atomic mass is 35.5. The van der Waals surface area contributed by atoms with Crippen LogP contribution in [0.3, 0.4) is 0 Å². The zero-order valence-electron chi connectivity index (χ0n) is 19.2. The summed E-state index contributed by atoms with van der Waals surface area (Å²) >= 11 is 6.20. The van der Waals surface area contributed by atoms with Gasteiger partial charge in [-0.2, -0.15) is 39.5 Å². The third-order valence-corrected chi connectivity index (χ3v) is 5.74. The molecule has 0 N–H and O–H groups in total. The van der Waals surface area contributed by atoms with Gasteiger partial charge in [-0.3, -0.25) is 4.90 Å². The highest BCUT2D eigenvalue weighted by molar-refractivity contribution is 6.33. The molecule has 1 amide bonds. The second kappa shape index (κ2) is 10.8. The highest BCUT2D eigenvalue weighted by Gasteiger charge is 2.37. The Morgan fingerprint density at radius 3 is 1.79 bits per heavy atom. The summed E-state index contributed by atoms with van der Waals surface area (Å²) in [5, 5.41) is 0.158. The number of carbonyl (C=O) groups excluding carboxylic acids is 1. The van der Waals surface area contributed by atoms with Crippen molar-refractivity contribution in [3.05, 3.63) is 93.5 Å². The van der Waals surface area contributed by atoms with Crippen molar-refractivity contribution in [1.82, 2.24) is 4.90 Å². The molecule has 0 saturated heterocycles. The fourth-order valence-corrected chi connectivity index (χ4v) is 3.93. The molecule has 3 nitrogen and oxygen atoms in total. The number of halogens is 10. The van der Waals surface area contributed by atoms with Crippen LogP contribution >= 0.6 is 11.6 Å². The number of rotatable bonds is 5. The molecular weight excluding hydrogens is 553 g/mol. The Morgan fingerprint density at radius 1 is 0.737 bits per heavy atom. The molecule has 0 radical (unpaired) electrons. The monoisotopic (exact) mass is 569 g/mol. The summed E-state index contributed by atoms with van der Waals surface area (Å²) in [6.45, 7) is -1.49. The molecule has 0 atom stereocenters. The standard InChI is InChI=1S/C25H17ClF9NO2/c1-38-22(37)36(12-14-8-17(24(30,31)32)11-18(9-14)25(33,34)35)13-15-10-16(23(27,28)29)6-7-19(15)20-4-2-3-5-21(20)26/h2-11H,12-13H2,1H3. The molecule has 0 unspecified atom stereocenters. The lowest BCUT2D eigenvalue weighted by atomic mass is 9.96. The minimum absolute atomic E-state index is 0.0751. The number of carbonyl (C=O) groups is 1. The van der Waals surface area contributed by atoms with Gasteiger partial charge in [0.2, 0.25) is 0 Å². The number of benzene rings is 3. The molecule has 13 heteroatoms. The Kier molecular flexibility index (Phi) is 8.25. The minimum Gasteiger partial charge on any atom is -0.453 e. The molecule has 3 aromatic carbocycles. The van der Waals surface area contributed by atoms with Crippen LogP contribution in [0.1, 0.15) is 27.8 Å². The first-order valence-corrected chi connectivity index (χ1v) is 10.9. The molecule has 0 spiro atoms. The predicted octanol–water partition coefficient (Wildman–Crippen LogP) is 8.83. The molecular formula is C25H17ClF9NO2. The number of amides is 1. The fourth-order valence-electron chi connectivity index (χ4n) is 3.69. The fraction of sp³-hybridized carbons (Fsp3) is 0.240. The third kappa shape index (κ3) is 6.91. The molecule has 0 aliphatic carbocycles. The molecule has 3 aromatic rings. The van der Waals surface area contributed by atoms with Crippen molar-refractivity contribution in [2.45, 2.75) is 31.6 Å². The molecule has 0 fully saturated rings. The summed E-state index contributed by atoms with van der Waals surface area (Å²) in [5.74, 6) is 0. The van der Waals surface area contributed by atoms with Crippen molar-refractivity contribution in [3.8, 4) is 11.1 Å². The zero-order chi connectivity index (χ0) is 28.5. The average molecular weight is 570 g/mol. The third-order valence-electron chi connectivity index (χ3n) is 5.41. The second-order valence-corrected chi connectivity index (χ2v) is 8.50. The number of hydrogen-bond acceptors (Lipinski definition) is 2. The van der Waals surface area contributed by atoms with E-state index in [0.717, 1.165) is 25.3 Å². The highest BCUT2D eigenvalue weighted by Crippen LogP contribution is 2.38. The molecule has 0 saturated carbocycles. The van der Waals surface area contributed by atoms with Crippen molar-refractivity contribution in [1.29, 1.82) is 0 Å². The van der Waals surface area contributed by atoms with Crippen LogP contribution in [0.15, 0.2) is 60.7 Å². The maximum absolute atomic E-state index is 13.5. The molecule has 0 aliphatic heterocycles. The van der Waals surface area contributed by atoms with Crippen molar-refractivity contribution < 1.29 is 49.0 Å². The van der Waals surface area contributed by atoms with Gasteiger partial charge in [0.25, 0.3) is 0 Å². The van der Waals surface area contributed by atoms with Gasteiger partial charge >= 0.3 is 24.6 Å². The summed E-state index contributed by atoms with van der Waals surface area (Å²) in [6.07, 6.45) is -16.3. The van der Waals surface area contributed by atoms with Gasteiger partial charge in [0.1, 0.15) is 0 Å². The largest absolute Gasteiger partial charge is 0.453 e. The van der Waals surface area contributed by atoms with Crippen LogP contribution in [-0.4, -0.2) is 18.1 Å². The van der Waals surface area contributed by atoms with E-state index in [0.29, 0.717) is 22.6 Å². The van der Waals surface area contributed by atoms with Crippen LogP contribution in [-0.2, 0) is 36.4 Å². The van der Waals surface area contributed by atoms with E-state index in [1.165, 1.54) is 12.1 Å². The summed E-state index contributed by atoms with van der Waals surface area (Å²) in [7, 11) is 0.906. The number of nitrogens with zero attached hydrogens (tertiary/aromatic N) is 1. The zero-order valence-corrected chi connectivity index (χ0v) is 20.0. The Balaban J connectivity index is 2.12. The average Bonchev–Trinajstić information content (AvgIpc) is 2.81. The van der Waals surface area contributed by atoms with Gasteiger partial charge in [0, 0.05) is 23.7 Å². The van der Waals surface area contributed by atoms with E-state index >= 15 is 0 Å². The van der Waals surface area contributed by atoms with Gasteiger partial charge in [-0.1, -0.05) is 35.9 Å². The lowest BCUT2D eigenvalue weighted by Gasteiger charge is -2.25. The molecule has 0 heterocycles. The van der Waals surface area contributed by atoms with Gasteiger partial charge in [0.05, 0.1) is 23.8 Å². The second-order valence-electron chi connectivity index (χ2n) is 8.09. The first-order chi connectivity index (χ1) is 17.5. The van der Waals surface area contributed by atoms with Crippen molar-refractivity contribution in [3.63, 3.8) is 0 Å². The molecule has 0 aliphatic rings. The Hall–Kier alpha value is -3.41. The minimum atomic E-state index is -5.13. The number of methoxy groups -OCH3 is 1. The van der Waals surface area contributed by atoms with Gasteiger partial charge in [0.15, 0.2) is 0 Å². The van der Waals surface area contributed by atoms with Gasteiger partial charge in [-0.05, 0) is 53.1 Å². The van der Waals surface area contributed by atoms with Crippen LogP contribution in [0, 0.1) is 0 Å². The van der Waals surface area contributed by atoms with E-state index in [4.69, 9.17) is 11.6 Å². The van der Waals surface area contributed by atoms with Gasteiger partial charge in [-0.25, -0.2) is 4.79 Å².